The fraction of sp³-hybridized carbons (Fsp3) is 0.426. The molecule has 0 N–H and O–H groups in total. The van der Waals surface area contributed by atoms with Crippen LogP contribution in [0.2, 0.25) is 0 Å². The third-order valence-electron chi connectivity index (χ3n) is 21.5. The van der Waals surface area contributed by atoms with Gasteiger partial charge in [0.25, 0.3) is 0 Å². The van der Waals surface area contributed by atoms with Crippen LogP contribution in [0.5, 0.6) is 0 Å². The zero-order chi connectivity index (χ0) is 81.6. The summed E-state index contributed by atoms with van der Waals surface area (Å²) in [6.45, 7) is 71.2. The maximum absolute atomic E-state index is 2.44. The molecule has 6 aliphatic carbocycles. The highest BCUT2D eigenvalue weighted by atomic mass is 14.5. The van der Waals surface area contributed by atoms with Crippen molar-refractivity contribution in [1.82, 2.24) is 0 Å². The van der Waals surface area contributed by atoms with Crippen LogP contribution in [-0.2, 0) is 21.7 Å². The first-order valence-electron chi connectivity index (χ1n) is 43.0. The van der Waals surface area contributed by atoms with Gasteiger partial charge in [0.1, 0.15) is 0 Å². The summed E-state index contributed by atoms with van der Waals surface area (Å²) >= 11 is 0. The topological polar surface area (TPSA) is 0 Å². The van der Waals surface area contributed by atoms with Crippen molar-refractivity contribution in [3.8, 4) is 44.5 Å². The Morgan fingerprint density at radius 3 is 0.778 bits per heavy atom. The van der Waals surface area contributed by atoms with Crippen LogP contribution in [0.3, 0.4) is 0 Å². The number of hydrogen-bond donors (Lipinski definition) is 0. The van der Waals surface area contributed by atoms with Crippen molar-refractivity contribution in [1.29, 1.82) is 0 Å². The van der Waals surface area contributed by atoms with Gasteiger partial charge in [0, 0.05) is 21.7 Å². The summed E-state index contributed by atoms with van der Waals surface area (Å²) in [4.78, 5) is 0. The predicted octanol–water partition coefficient (Wildman–Crippen LogP) is 34.4. The third-order valence-corrected chi connectivity index (χ3v) is 21.5. The Kier molecular flexibility index (Phi) is 38.8. The Morgan fingerprint density at radius 2 is 0.435 bits per heavy atom. The molecule has 0 aliphatic heterocycles. The van der Waals surface area contributed by atoms with Gasteiger partial charge in [0.05, 0.1) is 0 Å². The average molecular weight is 1450 g/mol. The highest BCUT2D eigenvalue weighted by Crippen LogP contribution is 2.59. The molecule has 0 heterocycles. The predicted molar refractivity (Wildman–Crippen MR) is 493 cm³/mol. The smallest absolute Gasteiger partial charge is 0.0215 e. The summed E-state index contributed by atoms with van der Waals surface area (Å²) in [6.07, 6.45) is 10.8. The SMILES string of the molecule is CC.CC.CC.CC.CC.CC.CC.CC.CC.CC.Cc1ccc2c(c1)-c1cc(C)ccc1C2(C)C.Cc1ccc2c(c1)-c1cc(C)ccc1C21CCCC1.Cc1ccc2c(c1)C(C)(C)c1cc(C)ccc1-2.Cc1ccc2c(c1)C1(CCCC1)c1cc(C)ccc1-2.Cc1ccc2cc(C)c3ccccc3c2c1. The van der Waals surface area contributed by atoms with Crippen LogP contribution in [0.15, 0.2) is 194 Å². The van der Waals surface area contributed by atoms with Crippen LogP contribution < -0.4 is 0 Å². The standard InChI is InChI=1S/2C19H20.2C17H18.C16H14.10C2H6/c1-13-5-7-17-15(11-13)16-12-14(2)6-8-18(16)19(17)9-3-4-10-19;1-13-5-7-15-16-8-6-14(2)12-18(16)19(17(15)11-13)9-3-4-10-19;1-11-5-7-15-13(9-11)14-10-12(2)6-8-16(14)17(15,3)4;1-11-5-7-13-14-8-6-12(2)10-16(14)17(3,4)15(13)9-11;1-11-7-8-13-10-12(2)14-5-3-4-6-15(14)16(13)9-11;10*1-2/h2*5-8,11-12H,3-4,9-10H2,1-2H3;2*5-10H,1-4H3;3-10H,1-2H3;10*1-2H3. The van der Waals surface area contributed by atoms with Crippen molar-refractivity contribution >= 4 is 21.5 Å². The van der Waals surface area contributed by atoms with Gasteiger partial charge in [-0.3, -0.25) is 0 Å². The number of aryl methyl sites for hydroxylation is 10. The van der Waals surface area contributed by atoms with E-state index in [1.165, 1.54) is 195 Å². The molecule has 2 saturated carbocycles. The minimum Gasteiger partial charge on any atom is -0.0683 e. The molecule has 0 atom stereocenters. The molecule has 0 amide bonds. The van der Waals surface area contributed by atoms with Gasteiger partial charge in [-0.25, -0.2) is 0 Å². The molecule has 2 spiro atoms. The summed E-state index contributed by atoms with van der Waals surface area (Å²) < 4.78 is 0. The fourth-order valence-corrected chi connectivity index (χ4v) is 16.9. The Balaban J connectivity index is 0.000000331. The largest absolute Gasteiger partial charge is 0.0683 e. The number of rotatable bonds is 0. The lowest BCUT2D eigenvalue weighted by molar-refractivity contribution is 0.549. The van der Waals surface area contributed by atoms with E-state index in [0.717, 1.165) is 0 Å². The molecule has 2 fully saturated rings. The first kappa shape index (κ1) is 94.1. The van der Waals surface area contributed by atoms with E-state index in [1.807, 2.05) is 138 Å². The molecule has 0 heteroatoms. The lowest BCUT2D eigenvalue weighted by atomic mass is 9.76. The maximum atomic E-state index is 2.44. The van der Waals surface area contributed by atoms with Crippen molar-refractivity contribution in [2.24, 2.45) is 0 Å². The molecular formula is C108H150. The fourth-order valence-electron chi connectivity index (χ4n) is 16.9. The number of hydrogen-bond acceptors (Lipinski definition) is 0. The molecule has 0 unspecified atom stereocenters. The Morgan fingerprint density at radius 1 is 0.194 bits per heavy atom. The van der Waals surface area contributed by atoms with Gasteiger partial charge in [0.15, 0.2) is 0 Å². The molecule has 0 bridgehead atoms. The minimum absolute atomic E-state index is 0.142. The molecule has 11 aromatic rings. The first-order chi connectivity index (χ1) is 52.2. The second-order valence-corrected chi connectivity index (χ2v) is 28.7. The summed E-state index contributed by atoms with van der Waals surface area (Å²) in [7, 11) is 0. The van der Waals surface area contributed by atoms with E-state index in [9.17, 15) is 0 Å². The molecule has 0 saturated heterocycles. The summed E-state index contributed by atoms with van der Waals surface area (Å²) in [5, 5.41) is 5.42. The molecular weight excluding hydrogens is 1300 g/mol. The summed E-state index contributed by atoms with van der Waals surface area (Å²) in [5.41, 5.74) is 38.5. The van der Waals surface area contributed by atoms with E-state index in [4.69, 9.17) is 0 Å². The van der Waals surface area contributed by atoms with Crippen LogP contribution in [0, 0.1) is 69.2 Å². The molecule has 0 aromatic heterocycles. The van der Waals surface area contributed by atoms with E-state index < -0.39 is 0 Å². The van der Waals surface area contributed by atoms with E-state index in [0.29, 0.717) is 10.8 Å². The lowest BCUT2D eigenvalue weighted by Crippen LogP contribution is -2.20. The van der Waals surface area contributed by atoms with Crippen molar-refractivity contribution in [2.45, 2.75) is 308 Å². The van der Waals surface area contributed by atoms with E-state index >= 15 is 0 Å². The van der Waals surface area contributed by atoms with Gasteiger partial charge in [-0.1, -0.05) is 436 Å². The van der Waals surface area contributed by atoms with E-state index in [2.05, 4.69) is 291 Å². The van der Waals surface area contributed by atoms with Gasteiger partial charge in [-0.05, 0) is 211 Å². The van der Waals surface area contributed by atoms with Crippen LogP contribution in [0.25, 0.3) is 66.1 Å². The quantitative estimate of drug-likeness (QED) is 0.133. The number of benzene rings is 11. The Bertz CT molecular complexity index is 4340. The van der Waals surface area contributed by atoms with Gasteiger partial charge < -0.3 is 0 Å². The average Bonchev–Trinajstić information content (AvgIpc) is 1.54. The molecule has 582 valence electrons. The first-order valence-corrected chi connectivity index (χ1v) is 43.0. The minimum atomic E-state index is 0.142. The van der Waals surface area contributed by atoms with Crippen LogP contribution in [0.1, 0.15) is 318 Å². The monoisotopic (exact) mass is 1450 g/mol. The molecule has 17 rings (SSSR count). The zero-order valence-corrected chi connectivity index (χ0v) is 75.1. The normalized spacial score (nSPS) is 13.6. The third kappa shape index (κ3) is 20.1. The Hall–Kier alpha value is -8.06. The Labute approximate surface area is 664 Å². The van der Waals surface area contributed by atoms with E-state index in [1.54, 1.807) is 22.3 Å². The van der Waals surface area contributed by atoms with Crippen molar-refractivity contribution < 1.29 is 0 Å². The van der Waals surface area contributed by atoms with Crippen molar-refractivity contribution in [3.05, 3.63) is 294 Å². The van der Waals surface area contributed by atoms with Crippen LogP contribution in [0.4, 0.5) is 0 Å². The summed E-state index contributed by atoms with van der Waals surface area (Å²) in [5.74, 6) is 0. The lowest BCUT2D eigenvalue weighted by Gasteiger charge is -2.27. The molecule has 0 nitrogen and oxygen atoms in total. The number of fused-ring (bicyclic) bond motifs is 19. The van der Waals surface area contributed by atoms with Crippen molar-refractivity contribution in [2.75, 3.05) is 0 Å². The van der Waals surface area contributed by atoms with Crippen LogP contribution in [-0.4, -0.2) is 0 Å². The second-order valence-electron chi connectivity index (χ2n) is 28.7. The van der Waals surface area contributed by atoms with E-state index in [-0.39, 0.29) is 10.8 Å². The van der Waals surface area contributed by atoms with Gasteiger partial charge in [-0.2, -0.15) is 0 Å². The van der Waals surface area contributed by atoms with Gasteiger partial charge >= 0.3 is 0 Å². The second kappa shape index (κ2) is 44.6. The highest BCUT2D eigenvalue weighted by Gasteiger charge is 2.46. The van der Waals surface area contributed by atoms with Crippen molar-refractivity contribution in [3.63, 3.8) is 0 Å². The highest BCUT2D eigenvalue weighted by molar-refractivity contribution is 6.09. The molecule has 108 heavy (non-hydrogen) atoms. The zero-order valence-electron chi connectivity index (χ0n) is 75.1. The van der Waals surface area contributed by atoms with Gasteiger partial charge in [0.2, 0.25) is 0 Å². The summed E-state index contributed by atoms with van der Waals surface area (Å²) in [6, 6.07) is 73.1. The van der Waals surface area contributed by atoms with Gasteiger partial charge in [-0.15, -0.1) is 0 Å². The van der Waals surface area contributed by atoms with Crippen LogP contribution >= 0.6 is 0 Å². The maximum Gasteiger partial charge on any atom is 0.0215 e. The molecule has 6 aliphatic rings. The molecule has 11 aromatic carbocycles. The molecule has 0 radical (unpaired) electrons.